The number of anilines is 1. The first-order valence-corrected chi connectivity index (χ1v) is 12.1. The van der Waals surface area contributed by atoms with Crippen molar-refractivity contribution in [1.29, 1.82) is 0 Å². The van der Waals surface area contributed by atoms with E-state index < -0.39 is 11.2 Å². The van der Waals surface area contributed by atoms with E-state index in [9.17, 15) is 4.21 Å². The summed E-state index contributed by atoms with van der Waals surface area (Å²) < 4.78 is 20.3. The second kappa shape index (κ2) is 11.3. The molecule has 7 heteroatoms. The first kappa shape index (κ1) is 25.6. The number of hydrogen-bond acceptors (Lipinski definition) is 4. The molecule has 6 nitrogen and oxygen atoms in total. The number of aryl methyl sites for hydroxylation is 1. The van der Waals surface area contributed by atoms with Gasteiger partial charge in [-0.2, -0.15) is 0 Å². The van der Waals surface area contributed by atoms with Gasteiger partial charge < -0.3 is 15.5 Å². The summed E-state index contributed by atoms with van der Waals surface area (Å²) >= 11 is -1.61. The smallest absolute Gasteiger partial charge is 0.269 e. The monoisotopic (exact) mass is 455 g/mol. The Bertz CT molecular complexity index is 1030. The van der Waals surface area contributed by atoms with Crippen molar-refractivity contribution in [3.8, 4) is 0 Å². The van der Waals surface area contributed by atoms with Gasteiger partial charge in [0.25, 0.3) is 11.2 Å². The highest BCUT2D eigenvalue weighted by molar-refractivity contribution is 7.83. The summed E-state index contributed by atoms with van der Waals surface area (Å²) in [7, 11) is 3.96. The third-order valence-corrected chi connectivity index (χ3v) is 6.06. The lowest BCUT2D eigenvalue weighted by Crippen LogP contribution is -2.35. The van der Waals surface area contributed by atoms with Crippen LogP contribution in [0.25, 0.3) is 5.70 Å². The molecule has 2 aliphatic rings. The molecule has 0 spiro atoms. The van der Waals surface area contributed by atoms with Gasteiger partial charge in [-0.15, -0.1) is 8.80 Å². The molecule has 0 aromatic heterocycles. The maximum Gasteiger partial charge on any atom is 0.269 e. The summed E-state index contributed by atoms with van der Waals surface area (Å²) in [4.78, 5) is 2.00. The highest BCUT2D eigenvalue weighted by Gasteiger charge is 2.22. The average Bonchev–Trinajstić information content (AvgIpc) is 3.23. The Morgan fingerprint density at radius 1 is 1.12 bits per heavy atom. The number of rotatable bonds is 5. The van der Waals surface area contributed by atoms with E-state index in [4.69, 9.17) is 0 Å². The molecule has 0 bridgehead atoms. The Hall–Kier alpha value is -2.67. The fraction of sp³-hybridized carbons (Fsp3) is 0.440. The largest absolute Gasteiger partial charge is 0.378 e. The maximum atomic E-state index is 12.0. The molecule has 1 aliphatic carbocycles. The van der Waals surface area contributed by atoms with Crippen molar-refractivity contribution in [2.24, 2.45) is 8.80 Å². The van der Waals surface area contributed by atoms with Crippen LogP contribution in [0.15, 0.2) is 50.3 Å². The van der Waals surface area contributed by atoms with Gasteiger partial charge in [-0.1, -0.05) is 50.1 Å². The second-order valence-electron chi connectivity index (χ2n) is 8.51. The van der Waals surface area contributed by atoms with Crippen molar-refractivity contribution in [2.45, 2.75) is 54.4 Å². The van der Waals surface area contributed by atoms with Gasteiger partial charge in [0.2, 0.25) is 0 Å². The lowest BCUT2D eigenvalue weighted by Gasteiger charge is -2.22. The van der Waals surface area contributed by atoms with Crippen LogP contribution >= 0.6 is 0 Å². The third kappa shape index (κ3) is 6.19. The van der Waals surface area contributed by atoms with Crippen LogP contribution in [-0.4, -0.2) is 41.4 Å². The van der Waals surface area contributed by atoms with Crippen molar-refractivity contribution in [2.75, 3.05) is 26.0 Å². The Balaban J connectivity index is 0.00000114. The van der Waals surface area contributed by atoms with Crippen LogP contribution in [0, 0.1) is 13.8 Å². The number of allylic oxidation sites excluding steroid dienone is 3. The van der Waals surface area contributed by atoms with E-state index >= 15 is 0 Å². The zero-order valence-electron chi connectivity index (χ0n) is 20.7. The van der Waals surface area contributed by atoms with Crippen LogP contribution in [0.5, 0.6) is 0 Å². The standard InChI is InChI=1S/C22H29N5OS.C3H8/c1-13-8-9-19(16(4)20(13)17(5)27(6)7)24-22-21(25-29(28)26-22)23-12-18-10-14(2)15(3)11-18;1-3-2/h8-10H,5,11-12H2,1-4,6-7H3,(H,23,25)(H,24,26);3H2,1-2H3. The molecule has 1 aromatic rings. The topological polar surface area (TPSA) is 69.1 Å². The molecule has 2 N–H and O–H groups in total. The van der Waals surface area contributed by atoms with Crippen LogP contribution in [0.1, 0.15) is 57.2 Å². The molecule has 0 radical (unpaired) electrons. The number of amidine groups is 2. The van der Waals surface area contributed by atoms with Crippen LogP contribution in [0.3, 0.4) is 0 Å². The molecule has 0 amide bonds. The number of hydrogen-bond donors (Lipinski definition) is 2. The fourth-order valence-corrected chi connectivity index (χ4v) is 4.15. The summed E-state index contributed by atoms with van der Waals surface area (Å²) in [5, 5.41) is 6.61. The molecular weight excluding hydrogens is 418 g/mol. The van der Waals surface area contributed by atoms with Crippen LogP contribution < -0.4 is 10.6 Å². The van der Waals surface area contributed by atoms with Gasteiger partial charge >= 0.3 is 0 Å². The molecule has 0 saturated heterocycles. The van der Waals surface area contributed by atoms with Crippen molar-refractivity contribution in [3.63, 3.8) is 0 Å². The Kier molecular flexibility index (Phi) is 9.01. The fourth-order valence-electron chi connectivity index (χ4n) is 3.51. The highest BCUT2D eigenvalue weighted by atomic mass is 32.2. The molecule has 0 fully saturated rings. The van der Waals surface area contributed by atoms with E-state index in [0.29, 0.717) is 18.2 Å². The predicted octanol–water partition coefficient (Wildman–Crippen LogP) is 5.31. The predicted molar refractivity (Wildman–Crippen MR) is 140 cm³/mol. The molecule has 1 heterocycles. The summed E-state index contributed by atoms with van der Waals surface area (Å²) in [6, 6.07) is 4.06. The first-order valence-electron chi connectivity index (χ1n) is 11.0. The average molecular weight is 456 g/mol. The first-order chi connectivity index (χ1) is 15.1. The molecule has 174 valence electrons. The number of nitrogens with one attached hydrogen (secondary N) is 2. The quantitative estimate of drug-likeness (QED) is 0.631. The van der Waals surface area contributed by atoms with Crippen LogP contribution in [-0.2, 0) is 11.2 Å². The molecule has 1 aromatic carbocycles. The van der Waals surface area contributed by atoms with Gasteiger partial charge in [-0.05, 0) is 56.9 Å². The molecule has 1 unspecified atom stereocenters. The van der Waals surface area contributed by atoms with Gasteiger partial charge in [0.15, 0.2) is 11.7 Å². The van der Waals surface area contributed by atoms with Crippen molar-refractivity contribution in [3.05, 3.63) is 58.2 Å². The van der Waals surface area contributed by atoms with Gasteiger partial charge in [0.1, 0.15) is 0 Å². The summed E-state index contributed by atoms with van der Waals surface area (Å²) in [6.07, 6.45) is 4.41. The SMILES string of the molecule is C=C(c1c(C)ccc(NC2=NS(=O)N=C2NCC2=CC(C)=C(C)C2)c1C)N(C)C.CCC. The second-order valence-corrected chi connectivity index (χ2v) is 9.34. The van der Waals surface area contributed by atoms with Gasteiger partial charge in [-0.25, -0.2) is 4.21 Å². The molecule has 32 heavy (non-hydrogen) atoms. The summed E-state index contributed by atoms with van der Waals surface area (Å²) in [5.74, 6) is 1.02. The zero-order valence-corrected chi connectivity index (χ0v) is 21.5. The Morgan fingerprint density at radius 3 is 2.31 bits per heavy atom. The molecule has 1 atom stereocenters. The minimum atomic E-state index is -1.61. The molecule has 3 rings (SSSR count). The summed E-state index contributed by atoms with van der Waals surface area (Å²) in [5.41, 5.74) is 9.15. The zero-order chi connectivity index (χ0) is 24.0. The van der Waals surface area contributed by atoms with E-state index in [2.05, 4.69) is 79.7 Å². The van der Waals surface area contributed by atoms with E-state index in [1.807, 2.05) is 25.1 Å². The van der Waals surface area contributed by atoms with Crippen LogP contribution in [0.2, 0.25) is 0 Å². The molecular formula is C25H37N5OS. The van der Waals surface area contributed by atoms with Crippen molar-refractivity contribution >= 4 is 34.2 Å². The molecule has 0 saturated carbocycles. The summed E-state index contributed by atoms with van der Waals surface area (Å²) in [6.45, 7) is 17.5. The van der Waals surface area contributed by atoms with Crippen molar-refractivity contribution in [1.82, 2.24) is 10.2 Å². The molecule has 1 aliphatic heterocycles. The van der Waals surface area contributed by atoms with E-state index in [1.54, 1.807) is 0 Å². The Morgan fingerprint density at radius 2 is 1.75 bits per heavy atom. The Labute approximate surface area is 196 Å². The number of benzene rings is 1. The number of nitrogens with zero attached hydrogens (tertiary/aromatic N) is 3. The minimum absolute atomic E-state index is 0.497. The van der Waals surface area contributed by atoms with E-state index in [-0.39, 0.29) is 0 Å². The van der Waals surface area contributed by atoms with Crippen LogP contribution in [0.4, 0.5) is 5.69 Å². The minimum Gasteiger partial charge on any atom is -0.378 e. The van der Waals surface area contributed by atoms with Gasteiger partial charge in [0, 0.05) is 37.6 Å². The van der Waals surface area contributed by atoms with E-state index in [1.165, 1.54) is 23.1 Å². The lowest BCUT2D eigenvalue weighted by atomic mass is 9.98. The lowest BCUT2D eigenvalue weighted by molar-refractivity contribution is 0.592. The third-order valence-electron chi connectivity index (χ3n) is 5.39. The van der Waals surface area contributed by atoms with Crippen molar-refractivity contribution < 1.29 is 4.21 Å². The highest BCUT2D eigenvalue weighted by Crippen LogP contribution is 2.29. The normalized spacial score (nSPS) is 17.2. The maximum absolute atomic E-state index is 12.0. The van der Waals surface area contributed by atoms with Gasteiger partial charge in [-0.3, -0.25) is 0 Å². The van der Waals surface area contributed by atoms with E-state index in [0.717, 1.165) is 34.5 Å². The van der Waals surface area contributed by atoms with Gasteiger partial charge in [0.05, 0.1) is 0 Å².